The maximum atomic E-state index is 11.8. The molecule has 7 heteroatoms. The van der Waals surface area contributed by atoms with Crippen LogP contribution in [-0.4, -0.2) is 25.6 Å². The van der Waals surface area contributed by atoms with E-state index in [4.69, 9.17) is 0 Å². The Morgan fingerprint density at radius 1 is 1.13 bits per heavy atom. The number of pyridine rings is 1. The van der Waals surface area contributed by atoms with Crippen LogP contribution in [0.5, 0.6) is 0 Å². The summed E-state index contributed by atoms with van der Waals surface area (Å²) in [6, 6.07) is 10.3. The van der Waals surface area contributed by atoms with Gasteiger partial charge in [0.1, 0.15) is 5.82 Å². The van der Waals surface area contributed by atoms with Crippen LogP contribution in [0.15, 0.2) is 48.7 Å². The first-order chi connectivity index (χ1) is 10.8. The van der Waals surface area contributed by atoms with E-state index in [1.165, 1.54) is 6.08 Å². The van der Waals surface area contributed by atoms with Crippen LogP contribution in [0, 0.1) is 6.92 Å². The Labute approximate surface area is 135 Å². The van der Waals surface area contributed by atoms with E-state index in [-0.39, 0.29) is 5.91 Å². The Balaban J connectivity index is 1.96. The highest BCUT2D eigenvalue weighted by molar-refractivity contribution is 7.92. The molecule has 0 spiro atoms. The molecule has 1 heterocycles. The zero-order valence-electron chi connectivity index (χ0n) is 12.8. The lowest BCUT2D eigenvalue weighted by Gasteiger charge is -2.03. The van der Waals surface area contributed by atoms with E-state index >= 15 is 0 Å². The zero-order valence-corrected chi connectivity index (χ0v) is 13.6. The number of aryl methyl sites for hydroxylation is 1. The van der Waals surface area contributed by atoms with Gasteiger partial charge < -0.3 is 5.32 Å². The van der Waals surface area contributed by atoms with Crippen molar-refractivity contribution in [3.05, 3.63) is 59.8 Å². The highest BCUT2D eigenvalue weighted by atomic mass is 32.2. The molecular weight excluding hydrogens is 314 g/mol. The standard InChI is InChI=1S/C16H17N3O3S/c1-12-3-9-15(17-11-12)18-16(20)10-6-13-4-7-14(8-5-13)19-23(2,21)22/h3-11,19H,1-2H3,(H,17,18,20). The van der Waals surface area contributed by atoms with Crippen LogP contribution in [0.1, 0.15) is 11.1 Å². The second-order valence-electron chi connectivity index (χ2n) is 5.04. The highest BCUT2D eigenvalue weighted by Gasteiger charge is 2.01. The van der Waals surface area contributed by atoms with Gasteiger partial charge in [-0.25, -0.2) is 13.4 Å². The number of carbonyl (C=O) groups excluding carboxylic acids is 1. The lowest BCUT2D eigenvalue weighted by molar-refractivity contribution is -0.111. The Morgan fingerprint density at radius 2 is 1.83 bits per heavy atom. The minimum absolute atomic E-state index is 0.292. The summed E-state index contributed by atoms with van der Waals surface area (Å²) >= 11 is 0. The Kier molecular flexibility index (Phi) is 5.13. The van der Waals surface area contributed by atoms with Crippen molar-refractivity contribution in [1.29, 1.82) is 0 Å². The Hall–Kier alpha value is -2.67. The second kappa shape index (κ2) is 7.06. The molecule has 0 bridgehead atoms. The number of rotatable bonds is 5. The second-order valence-corrected chi connectivity index (χ2v) is 6.79. The average molecular weight is 331 g/mol. The molecule has 0 atom stereocenters. The maximum Gasteiger partial charge on any atom is 0.249 e. The quantitative estimate of drug-likeness (QED) is 0.824. The van der Waals surface area contributed by atoms with Gasteiger partial charge in [0.15, 0.2) is 0 Å². The molecule has 1 amide bonds. The van der Waals surface area contributed by atoms with Crippen molar-refractivity contribution in [3.8, 4) is 0 Å². The summed E-state index contributed by atoms with van der Waals surface area (Å²) in [5.74, 6) is 0.192. The fourth-order valence-corrected chi connectivity index (χ4v) is 2.32. The van der Waals surface area contributed by atoms with Gasteiger partial charge >= 0.3 is 0 Å². The summed E-state index contributed by atoms with van der Waals surface area (Å²) in [6.45, 7) is 1.92. The van der Waals surface area contributed by atoms with Crippen molar-refractivity contribution >= 4 is 33.5 Å². The van der Waals surface area contributed by atoms with Crippen molar-refractivity contribution < 1.29 is 13.2 Å². The van der Waals surface area contributed by atoms with E-state index in [9.17, 15) is 13.2 Å². The van der Waals surface area contributed by atoms with Gasteiger partial charge in [-0.15, -0.1) is 0 Å². The van der Waals surface area contributed by atoms with Crippen molar-refractivity contribution in [2.24, 2.45) is 0 Å². The smallest absolute Gasteiger partial charge is 0.249 e. The third kappa shape index (κ3) is 5.91. The van der Waals surface area contributed by atoms with Crippen LogP contribution in [0.2, 0.25) is 0 Å². The number of carbonyl (C=O) groups is 1. The van der Waals surface area contributed by atoms with Crippen LogP contribution in [0.25, 0.3) is 6.08 Å². The Morgan fingerprint density at radius 3 is 2.39 bits per heavy atom. The lowest BCUT2D eigenvalue weighted by Crippen LogP contribution is -2.09. The summed E-state index contributed by atoms with van der Waals surface area (Å²) in [6.07, 6.45) is 5.78. The fraction of sp³-hybridized carbons (Fsp3) is 0.125. The third-order valence-corrected chi connectivity index (χ3v) is 3.41. The van der Waals surface area contributed by atoms with Gasteiger partial charge in [0, 0.05) is 18.0 Å². The van der Waals surface area contributed by atoms with Crippen molar-refractivity contribution in [3.63, 3.8) is 0 Å². The maximum absolute atomic E-state index is 11.8. The van der Waals surface area contributed by atoms with E-state index in [1.807, 2.05) is 13.0 Å². The van der Waals surface area contributed by atoms with Gasteiger partial charge in [-0.05, 0) is 42.3 Å². The van der Waals surface area contributed by atoms with Gasteiger partial charge in [-0.3, -0.25) is 9.52 Å². The summed E-state index contributed by atoms with van der Waals surface area (Å²) in [5, 5.41) is 2.65. The summed E-state index contributed by atoms with van der Waals surface area (Å²) in [5.41, 5.74) is 2.26. The van der Waals surface area contributed by atoms with Gasteiger partial charge in [-0.1, -0.05) is 18.2 Å². The van der Waals surface area contributed by atoms with Gasteiger partial charge in [0.05, 0.1) is 6.26 Å². The topological polar surface area (TPSA) is 88.2 Å². The third-order valence-electron chi connectivity index (χ3n) is 2.80. The minimum Gasteiger partial charge on any atom is -0.307 e. The van der Waals surface area contributed by atoms with Crippen LogP contribution >= 0.6 is 0 Å². The van der Waals surface area contributed by atoms with Crippen molar-refractivity contribution in [2.45, 2.75) is 6.92 Å². The first-order valence-electron chi connectivity index (χ1n) is 6.81. The first-order valence-corrected chi connectivity index (χ1v) is 8.70. The van der Waals surface area contributed by atoms with Gasteiger partial charge in [0.2, 0.25) is 15.9 Å². The molecule has 2 rings (SSSR count). The SMILES string of the molecule is Cc1ccc(NC(=O)C=Cc2ccc(NS(C)(=O)=O)cc2)nc1. The number of aromatic nitrogens is 1. The molecule has 0 aliphatic rings. The predicted octanol–water partition coefficient (Wildman–Crippen LogP) is 2.41. The largest absolute Gasteiger partial charge is 0.307 e. The van der Waals surface area contributed by atoms with Crippen LogP contribution in [-0.2, 0) is 14.8 Å². The van der Waals surface area contributed by atoms with E-state index in [0.29, 0.717) is 11.5 Å². The summed E-state index contributed by atoms with van der Waals surface area (Å²) < 4.78 is 24.6. The van der Waals surface area contributed by atoms with E-state index in [1.54, 1.807) is 42.6 Å². The monoisotopic (exact) mass is 331 g/mol. The lowest BCUT2D eigenvalue weighted by atomic mass is 10.2. The predicted molar refractivity (Wildman–Crippen MR) is 91.5 cm³/mol. The number of amides is 1. The van der Waals surface area contributed by atoms with Crippen LogP contribution < -0.4 is 10.0 Å². The molecule has 0 unspecified atom stereocenters. The van der Waals surface area contributed by atoms with Crippen molar-refractivity contribution in [1.82, 2.24) is 4.98 Å². The fourth-order valence-electron chi connectivity index (χ4n) is 1.76. The number of nitrogens with zero attached hydrogens (tertiary/aromatic N) is 1. The summed E-state index contributed by atoms with van der Waals surface area (Å²) in [7, 11) is -3.29. The number of sulfonamides is 1. The molecule has 1 aromatic carbocycles. The van der Waals surface area contributed by atoms with Crippen LogP contribution in [0.3, 0.4) is 0 Å². The molecule has 0 aliphatic heterocycles. The Bertz CT molecular complexity index is 811. The molecular formula is C16H17N3O3S. The molecule has 0 saturated heterocycles. The number of hydrogen-bond acceptors (Lipinski definition) is 4. The van der Waals surface area contributed by atoms with Crippen molar-refractivity contribution in [2.75, 3.05) is 16.3 Å². The molecule has 23 heavy (non-hydrogen) atoms. The number of nitrogens with one attached hydrogen (secondary N) is 2. The zero-order chi connectivity index (χ0) is 16.9. The van der Waals surface area contributed by atoms with Gasteiger partial charge in [0.25, 0.3) is 0 Å². The molecule has 0 saturated carbocycles. The minimum atomic E-state index is -3.29. The molecule has 0 fully saturated rings. The normalized spacial score (nSPS) is 11.4. The summed E-state index contributed by atoms with van der Waals surface area (Å²) in [4.78, 5) is 15.9. The molecule has 1 aromatic heterocycles. The molecule has 2 aromatic rings. The molecule has 0 radical (unpaired) electrons. The van der Waals surface area contributed by atoms with E-state index in [2.05, 4.69) is 15.0 Å². The molecule has 6 nitrogen and oxygen atoms in total. The molecule has 0 aliphatic carbocycles. The number of hydrogen-bond donors (Lipinski definition) is 2. The average Bonchev–Trinajstić information content (AvgIpc) is 2.47. The first kappa shape index (κ1) is 16.7. The van der Waals surface area contributed by atoms with Crippen LogP contribution in [0.4, 0.5) is 11.5 Å². The molecule has 120 valence electrons. The van der Waals surface area contributed by atoms with E-state index < -0.39 is 10.0 Å². The number of anilines is 2. The van der Waals surface area contributed by atoms with Gasteiger partial charge in [-0.2, -0.15) is 0 Å². The highest BCUT2D eigenvalue weighted by Crippen LogP contribution is 2.12. The van der Waals surface area contributed by atoms with E-state index in [0.717, 1.165) is 17.4 Å². The number of benzene rings is 1. The molecule has 2 N–H and O–H groups in total.